The monoisotopic (exact) mass is 553 g/mol. The lowest BCUT2D eigenvalue weighted by Crippen LogP contribution is -2.61. The molecule has 222 valence electrons. The molecule has 1 aliphatic rings. The summed E-state index contributed by atoms with van der Waals surface area (Å²) in [4.78, 5) is 65.7. The van der Waals surface area contributed by atoms with Crippen LogP contribution in [0.3, 0.4) is 0 Å². The number of alkyl carbamates (subject to hydrolysis) is 1. The van der Waals surface area contributed by atoms with Crippen LogP contribution in [0.5, 0.6) is 0 Å². The average molecular weight is 554 g/mol. The number of likely N-dealkylation sites (tertiary alicyclic amines) is 1. The Balaban J connectivity index is 3.12. The second-order valence-corrected chi connectivity index (χ2v) is 12.7. The van der Waals surface area contributed by atoms with Crippen molar-refractivity contribution in [3.05, 3.63) is 12.7 Å². The molecule has 1 aliphatic heterocycles. The van der Waals surface area contributed by atoms with Gasteiger partial charge in [0.1, 0.15) is 34.9 Å². The van der Waals surface area contributed by atoms with Gasteiger partial charge in [0.2, 0.25) is 11.8 Å². The lowest BCUT2D eigenvalue weighted by atomic mass is 9.90. The van der Waals surface area contributed by atoms with Crippen LogP contribution in [0.2, 0.25) is 0 Å². The molecule has 1 saturated heterocycles. The van der Waals surface area contributed by atoms with Crippen LogP contribution in [0.1, 0.15) is 94.4 Å². The SMILES string of the molecule is C=CC[C@@]1(C(=O)N[C@@H](CCC(=O)OC(C)(C)C)C(=O)OC(C)(C)C)CCCN1C(=O)CNC(=O)OC(C)(C)C. The van der Waals surface area contributed by atoms with E-state index in [1.165, 1.54) is 11.0 Å². The molecule has 3 amide bonds. The molecule has 0 aromatic rings. The summed E-state index contributed by atoms with van der Waals surface area (Å²) in [5.74, 6) is -2.25. The third-order valence-electron chi connectivity index (χ3n) is 5.53. The maximum atomic E-state index is 13.8. The molecule has 0 spiro atoms. The zero-order valence-corrected chi connectivity index (χ0v) is 25.0. The van der Waals surface area contributed by atoms with Crippen molar-refractivity contribution in [2.45, 2.75) is 123 Å². The van der Waals surface area contributed by atoms with Gasteiger partial charge in [0.25, 0.3) is 0 Å². The van der Waals surface area contributed by atoms with E-state index in [-0.39, 0.29) is 32.4 Å². The topological polar surface area (TPSA) is 140 Å². The molecule has 0 aliphatic carbocycles. The molecule has 2 atom stereocenters. The van der Waals surface area contributed by atoms with Crippen LogP contribution >= 0.6 is 0 Å². The van der Waals surface area contributed by atoms with Crippen LogP contribution in [0.25, 0.3) is 0 Å². The summed E-state index contributed by atoms with van der Waals surface area (Å²) in [7, 11) is 0. The Hall–Kier alpha value is -3.11. The Bertz CT molecular complexity index is 927. The maximum Gasteiger partial charge on any atom is 0.408 e. The van der Waals surface area contributed by atoms with Crippen LogP contribution in [0.15, 0.2) is 12.7 Å². The summed E-state index contributed by atoms with van der Waals surface area (Å²) in [6.45, 7) is 19.1. The first-order valence-corrected chi connectivity index (χ1v) is 13.3. The van der Waals surface area contributed by atoms with Crippen molar-refractivity contribution in [1.29, 1.82) is 0 Å². The van der Waals surface area contributed by atoms with Gasteiger partial charge in [-0.25, -0.2) is 9.59 Å². The average Bonchev–Trinajstić information content (AvgIpc) is 3.16. The Kier molecular flexibility index (Phi) is 11.6. The molecular formula is C28H47N3O8. The number of hydrogen-bond donors (Lipinski definition) is 2. The van der Waals surface area contributed by atoms with Gasteiger partial charge >= 0.3 is 18.0 Å². The molecule has 11 heteroatoms. The Morgan fingerprint density at radius 3 is 2.00 bits per heavy atom. The predicted molar refractivity (Wildman–Crippen MR) is 146 cm³/mol. The van der Waals surface area contributed by atoms with Gasteiger partial charge in [0, 0.05) is 13.0 Å². The number of nitrogens with one attached hydrogen (secondary N) is 2. The zero-order chi connectivity index (χ0) is 30.2. The van der Waals surface area contributed by atoms with Gasteiger partial charge in [0.05, 0.1) is 0 Å². The normalized spacial score (nSPS) is 18.5. The third kappa shape index (κ3) is 11.7. The molecule has 0 aromatic heterocycles. The number of amides is 3. The fourth-order valence-electron chi connectivity index (χ4n) is 4.15. The first kappa shape index (κ1) is 33.9. The third-order valence-corrected chi connectivity index (χ3v) is 5.53. The molecule has 1 heterocycles. The molecular weight excluding hydrogens is 506 g/mol. The Labute approximate surface area is 232 Å². The Morgan fingerprint density at radius 2 is 1.49 bits per heavy atom. The van der Waals surface area contributed by atoms with Gasteiger partial charge in [-0.1, -0.05) is 6.08 Å². The number of esters is 2. The van der Waals surface area contributed by atoms with Gasteiger partial charge in [-0.05, 0) is 88.0 Å². The van der Waals surface area contributed by atoms with Crippen LogP contribution in [-0.2, 0) is 33.4 Å². The highest BCUT2D eigenvalue weighted by Crippen LogP contribution is 2.34. The Morgan fingerprint density at radius 1 is 0.923 bits per heavy atom. The largest absolute Gasteiger partial charge is 0.460 e. The predicted octanol–water partition coefficient (Wildman–Crippen LogP) is 3.40. The standard InChI is InChI=1S/C28H47N3O8/c1-11-15-28(16-12-17-31(28)20(32)18-29-24(36)39-27(8,9)10)23(35)30-19(22(34)38-26(5,6)7)13-14-21(33)37-25(2,3)4/h11,19H,1,12-18H2,2-10H3,(H,29,36)(H,30,35)/t19-,28-/m0/s1. The molecule has 1 fully saturated rings. The van der Waals surface area contributed by atoms with Crippen molar-refractivity contribution >= 4 is 29.8 Å². The van der Waals surface area contributed by atoms with Crippen molar-refractivity contribution in [3.63, 3.8) is 0 Å². The van der Waals surface area contributed by atoms with E-state index in [1.54, 1.807) is 62.3 Å². The second kappa shape index (κ2) is 13.3. The minimum absolute atomic E-state index is 0.0477. The summed E-state index contributed by atoms with van der Waals surface area (Å²) in [5, 5.41) is 5.17. The van der Waals surface area contributed by atoms with Crippen LogP contribution in [-0.4, -0.2) is 76.2 Å². The van der Waals surface area contributed by atoms with Crippen LogP contribution < -0.4 is 10.6 Å². The van der Waals surface area contributed by atoms with Gasteiger partial charge in [-0.15, -0.1) is 6.58 Å². The lowest BCUT2D eigenvalue weighted by Gasteiger charge is -2.38. The number of carbonyl (C=O) groups is 5. The van der Waals surface area contributed by atoms with Gasteiger partial charge in [0.15, 0.2) is 0 Å². The molecule has 2 N–H and O–H groups in total. The first-order valence-electron chi connectivity index (χ1n) is 13.3. The lowest BCUT2D eigenvalue weighted by molar-refractivity contribution is -0.161. The van der Waals surface area contributed by atoms with Crippen molar-refractivity contribution in [3.8, 4) is 0 Å². The minimum Gasteiger partial charge on any atom is -0.460 e. The summed E-state index contributed by atoms with van der Waals surface area (Å²) in [6.07, 6.45) is 1.61. The highest BCUT2D eigenvalue weighted by molar-refractivity contribution is 5.95. The van der Waals surface area contributed by atoms with E-state index in [1.807, 2.05) is 0 Å². The van der Waals surface area contributed by atoms with Crippen molar-refractivity contribution in [2.75, 3.05) is 13.1 Å². The molecule has 39 heavy (non-hydrogen) atoms. The van der Waals surface area contributed by atoms with Gasteiger partial charge in [-0.2, -0.15) is 0 Å². The molecule has 0 radical (unpaired) electrons. The summed E-state index contributed by atoms with van der Waals surface area (Å²) >= 11 is 0. The van der Waals surface area contributed by atoms with Gasteiger partial charge < -0.3 is 29.7 Å². The molecule has 0 bridgehead atoms. The van der Waals surface area contributed by atoms with E-state index >= 15 is 0 Å². The number of ether oxygens (including phenoxy) is 3. The molecule has 11 nitrogen and oxygen atoms in total. The summed E-state index contributed by atoms with van der Waals surface area (Å²) in [5.41, 5.74) is -3.58. The highest BCUT2D eigenvalue weighted by atomic mass is 16.6. The van der Waals surface area contributed by atoms with Crippen molar-refractivity contribution in [2.24, 2.45) is 0 Å². The van der Waals surface area contributed by atoms with E-state index in [0.717, 1.165) is 0 Å². The first-order chi connectivity index (χ1) is 17.7. The summed E-state index contributed by atoms with van der Waals surface area (Å²) < 4.78 is 16.0. The van der Waals surface area contributed by atoms with Gasteiger partial charge in [-0.3, -0.25) is 14.4 Å². The fraction of sp³-hybridized carbons (Fsp3) is 0.750. The van der Waals surface area contributed by atoms with E-state index in [0.29, 0.717) is 12.8 Å². The van der Waals surface area contributed by atoms with E-state index in [2.05, 4.69) is 17.2 Å². The molecule has 0 aromatic carbocycles. The van der Waals surface area contributed by atoms with Crippen LogP contribution in [0.4, 0.5) is 4.79 Å². The number of carbonyl (C=O) groups excluding carboxylic acids is 5. The van der Waals surface area contributed by atoms with Crippen molar-refractivity contribution < 1.29 is 38.2 Å². The minimum atomic E-state index is -1.32. The molecule has 0 saturated carbocycles. The fourth-order valence-corrected chi connectivity index (χ4v) is 4.15. The number of hydrogen-bond acceptors (Lipinski definition) is 8. The van der Waals surface area contributed by atoms with E-state index in [9.17, 15) is 24.0 Å². The maximum absolute atomic E-state index is 13.8. The smallest absolute Gasteiger partial charge is 0.408 e. The molecule has 0 unspecified atom stereocenters. The van der Waals surface area contributed by atoms with E-state index < -0.39 is 58.2 Å². The highest BCUT2D eigenvalue weighted by Gasteiger charge is 2.49. The van der Waals surface area contributed by atoms with Crippen molar-refractivity contribution in [1.82, 2.24) is 15.5 Å². The van der Waals surface area contributed by atoms with Crippen LogP contribution in [0, 0.1) is 0 Å². The van der Waals surface area contributed by atoms with E-state index in [4.69, 9.17) is 14.2 Å². The molecule has 1 rings (SSSR count). The quantitative estimate of drug-likeness (QED) is 0.238. The summed E-state index contributed by atoms with van der Waals surface area (Å²) in [6, 6.07) is -1.15. The number of rotatable bonds is 10. The zero-order valence-electron chi connectivity index (χ0n) is 25.0. The second-order valence-electron chi connectivity index (χ2n) is 12.7. The number of nitrogens with zero attached hydrogens (tertiary/aromatic N) is 1.